The number of carbonyl (C=O) groups is 1. The quantitative estimate of drug-likeness (QED) is 0.639. The zero-order valence-electron chi connectivity index (χ0n) is 5.91. The fraction of sp³-hybridized carbons (Fsp3) is 0. The second-order valence-electron chi connectivity index (χ2n) is 2.28. The lowest BCUT2D eigenvalue weighted by Crippen LogP contribution is -1.81. The summed E-state index contributed by atoms with van der Waals surface area (Å²) in [6, 6.07) is 1.22. The van der Waals surface area contributed by atoms with Crippen LogP contribution in [0, 0.1) is 5.82 Å². The van der Waals surface area contributed by atoms with Gasteiger partial charge in [0.2, 0.25) is 0 Å². The van der Waals surface area contributed by atoms with Crippen molar-refractivity contribution in [2.75, 3.05) is 0 Å². The molecule has 5 heteroatoms. The van der Waals surface area contributed by atoms with E-state index in [1.54, 1.807) is 0 Å². The molecule has 0 amide bonds. The van der Waals surface area contributed by atoms with Gasteiger partial charge in [0.15, 0.2) is 11.9 Å². The second-order valence-corrected chi connectivity index (χ2v) is 2.28. The summed E-state index contributed by atoms with van der Waals surface area (Å²) >= 11 is 0. The molecule has 2 aromatic rings. The van der Waals surface area contributed by atoms with Crippen LogP contribution in [0.3, 0.4) is 0 Å². The van der Waals surface area contributed by atoms with Gasteiger partial charge in [-0.1, -0.05) is 0 Å². The maximum Gasteiger partial charge on any atom is 0.171 e. The Morgan fingerprint density at radius 3 is 3.17 bits per heavy atom. The van der Waals surface area contributed by atoms with Crippen molar-refractivity contribution < 1.29 is 9.18 Å². The van der Waals surface area contributed by atoms with Crippen molar-refractivity contribution in [2.24, 2.45) is 0 Å². The molecule has 0 radical (unpaired) electrons. The number of H-pyrrole nitrogens is 1. The number of aldehydes is 1. The number of nitrogens with one attached hydrogen (secondary N) is 1. The first kappa shape index (κ1) is 6.90. The Morgan fingerprint density at radius 2 is 2.42 bits per heavy atom. The van der Waals surface area contributed by atoms with Crippen LogP contribution in [0.5, 0.6) is 0 Å². The molecular weight excluding hydrogens is 161 g/mol. The number of carbonyl (C=O) groups excluding carboxylic acids is 1. The lowest BCUT2D eigenvalue weighted by molar-refractivity contribution is 0.112. The molecule has 2 aromatic heterocycles. The smallest absolute Gasteiger partial charge is 0.171 e. The maximum atomic E-state index is 12.6. The normalized spacial score (nSPS) is 10.4. The zero-order valence-corrected chi connectivity index (χ0v) is 5.91. The minimum atomic E-state index is -0.480. The summed E-state index contributed by atoms with van der Waals surface area (Å²) < 4.78 is 12.6. The van der Waals surface area contributed by atoms with E-state index in [4.69, 9.17) is 0 Å². The number of aromatic amines is 1. The third kappa shape index (κ3) is 0.868. The van der Waals surface area contributed by atoms with Gasteiger partial charge < -0.3 is 0 Å². The Kier molecular flexibility index (Phi) is 1.36. The van der Waals surface area contributed by atoms with E-state index in [-0.39, 0.29) is 5.69 Å². The maximum absolute atomic E-state index is 12.6. The van der Waals surface area contributed by atoms with Gasteiger partial charge in [0.1, 0.15) is 11.5 Å². The third-order valence-electron chi connectivity index (χ3n) is 1.52. The predicted molar refractivity (Wildman–Crippen MR) is 39.2 cm³/mol. The number of fused-ring (bicyclic) bond motifs is 1. The molecule has 0 spiro atoms. The second kappa shape index (κ2) is 2.37. The molecule has 1 N–H and O–H groups in total. The highest BCUT2D eigenvalue weighted by Crippen LogP contribution is 2.12. The molecule has 0 fully saturated rings. The van der Waals surface area contributed by atoms with Gasteiger partial charge in [0.05, 0.1) is 11.6 Å². The van der Waals surface area contributed by atoms with Crippen molar-refractivity contribution in [2.45, 2.75) is 0 Å². The van der Waals surface area contributed by atoms with E-state index in [9.17, 15) is 9.18 Å². The van der Waals surface area contributed by atoms with Crippen LogP contribution in [0.1, 0.15) is 10.5 Å². The van der Waals surface area contributed by atoms with E-state index >= 15 is 0 Å². The molecule has 4 nitrogen and oxygen atoms in total. The SMILES string of the molecule is O=Cc1n[nH]c2ncc(F)cc12. The fourth-order valence-electron chi connectivity index (χ4n) is 0.987. The summed E-state index contributed by atoms with van der Waals surface area (Å²) in [6.45, 7) is 0. The van der Waals surface area contributed by atoms with Crippen molar-refractivity contribution in [1.82, 2.24) is 15.2 Å². The van der Waals surface area contributed by atoms with Gasteiger partial charge in [-0.15, -0.1) is 0 Å². The average molecular weight is 165 g/mol. The van der Waals surface area contributed by atoms with Gasteiger partial charge in [-0.2, -0.15) is 5.10 Å². The number of rotatable bonds is 1. The molecule has 2 rings (SSSR count). The minimum Gasteiger partial charge on any atom is -0.296 e. The first-order valence-corrected chi connectivity index (χ1v) is 3.26. The Bertz CT molecular complexity index is 437. The summed E-state index contributed by atoms with van der Waals surface area (Å²) in [7, 11) is 0. The monoisotopic (exact) mass is 165 g/mol. The lowest BCUT2D eigenvalue weighted by Gasteiger charge is -1.87. The van der Waals surface area contributed by atoms with Crippen LogP contribution in [0.4, 0.5) is 4.39 Å². The fourth-order valence-corrected chi connectivity index (χ4v) is 0.987. The van der Waals surface area contributed by atoms with Crippen molar-refractivity contribution in [1.29, 1.82) is 0 Å². The van der Waals surface area contributed by atoms with E-state index in [1.807, 2.05) is 0 Å². The van der Waals surface area contributed by atoms with Gasteiger partial charge in [-0.25, -0.2) is 9.37 Å². The number of hydrogen-bond donors (Lipinski definition) is 1. The number of aromatic nitrogens is 3. The van der Waals surface area contributed by atoms with Gasteiger partial charge in [0.25, 0.3) is 0 Å². The Hall–Kier alpha value is -1.78. The molecule has 2 heterocycles. The van der Waals surface area contributed by atoms with E-state index < -0.39 is 5.82 Å². The largest absolute Gasteiger partial charge is 0.296 e. The highest BCUT2D eigenvalue weighted by molar-refractivity contribution is 5.92. The van der Waals surface area contributed by atoms with Gasteiger partial charge in [0, 0.05) is 0 Å². The molecule has 0 bridgehead atoms. The highest BCUT2D eigenvalue weighted by Gasteiger charge is 2.05. The average Bonchev–Trinajstić information content (AvgIpc) is 2.46. The predicted octanol–water partition coefficient (Wildman–Crippen LogP) is 0.909. The molecular formula is C7H4FN3O. The highest BCUT2D eigenvalue weighted by atomic mass is 19.1. The molecule has 0 aliphatic rings. The zero-order chi connectivity index (χ0) is 8.55. The van der Waals surface area contributed by atoms with Crippen LogP contribution in [0.25, 0.3) is 11.0 Å². The van der Waals surface area contributed by atoms with Crippen LogP contribution < -0.4 is 0 Å². The number of nitrogens with zero attached hydrogens (tertiary/aromatic N) is 2. The molecule has 0 aliphatic carbocycles. The summed E-state index contributed by atoms with van der Waals surface area (Å²) in [5.41, 5.74) is 0.593. The topological polar surface area (TPSA) is 58.6 Å². The molecule has 0 aliphatic heterocycles. The summed E-state index contributed by atoms with van der Waals surface area (Å²) in [6.07, 6.45) is 1.62. The van der Waals surface area contributed by atoms with Crippen LogP contribution in [-0.4, -0.2) is 21.5 Å². The number of pyridine rings is 1. The third-order valence-corrected chi connectivity index (χ3v) is 1.52. The molecule has 12 heavy (non-hydrogen) atoms. The van der Waals surface area contributed by atoms with Gasteiger partial charge >= 0.3 is 0 Å². The lowest BCUT2D eigenvalue weighted by atomic mass is 10.3. The van der Waals surface area contributed by atoms with Gasteiger partial charge in [-0.05, 0) is 6.07 Å². The summed E-state index contributed by atoms with van der Waals surface area (Å²) in [5, 5.41) is 6.55. The van der Waals surface area contributed by atoms with E-state index in [1.165, 1.54) is 6.07 Å². The van der Waals surface area contributed by atoms with Gasteiger partial charge in [-0.3, -0.25) is 9.89 Å². The van der Waals surface area contributed by atoms with E-state index in [2.05, 4.69) is 15.2 Å². The standard InChI is InChI=1S/C7H4FN3O/c8-4-1-5-6(3-12)10-11-7(5)9-2-4/h1-3H,(H,9,10,11). The molecule has 0 atom stereocenters. The van der Waals surface area contributed by atoms with E-state index in [0.29, 0.717) is 17.3 Å². The van der Waals surface area contributed by atoms with Crippen molar-refractivity contribution in [3.63, 3.8) is 0 Å². The van der Waals surface area contributed by atoms with Crippen molar-refractivity contribution in [3.8, 4) is 0 Å². The summed E-state index contributed by atoms with van der Waals surface area (Å²) in [4.78, 5) is 14.1. The number of halogens is 1. The van der Waals surface area contributed by atoms with Crippen molar-refractivity contribution in [3.05, 3.63) is 23.8 Å². The van der Waals surface area contributed by atoms with Crippen LogP contribution >= 0.6 is 0 Å². The van der Waals surface area contributed by atoms with Crippen LogP contribution in [0.2, 0.25) is 0 Å². The molecule has 0 aromatic carbocycles. The van der Waals surface area contributed by atoms with E-state index in [0.717, 1.165) is 6.20 Å². The number of hydrogen-bond acceptors (Lipinski definition) is 3. The molecule has 0 unspecified atom stereocenters. The minimum absolute atomic E-state index is 0.178. The first-order valence-electron chi connectivity index (χ1n) is 3.26. The van der Waals surface area contributed by atoms with Crippen LogP contribution in [0.15, 0.2) is 12.3 Å². The molecule has 0 saturated carbocycles. The van der Waals surface area contributed by atoms with Crippen LogP contribution in [-0.2, 0) is 0 Å². The Labute approximate surface area is 66.4 Å². The molecule has 0 saturated heterocycles. The first-order chi connectivity index (χ1) is 5.81. The Morgan fingerprint density at radius 1 is 1.58 bits per heavy atom. The Balaban J connectivity index is 2.83. The molecule has 60 valence electrons. The van der Waals surface area contributed by atoms with Crippen molar-refractivity contribution >= 4 is 17.3 Å². The summed E-state index contributed by atoms with van der Waals surface area (Å²) in [5.74, 6) is -0.480.